The average molecular weight is 653 g/mol. The summed E-state index contributed by atoms with van der Waals surface area (Å²) in [5.74, 6) is -1.29. The fourth-order valence-corrected chi connectivity index (χ4v) is 6.14. The molecule has 0 heterocycles. The van der Waals surface area contributed by atoms with E-state index in [0.29, 0.717) is 29.4 Å². The molecule has 0 radical (unpaired) electrons. The maximum absolute atomic E-state index is 14.6. The fourth-order valence-electron chi connectivity index (χ4n) is 4.01. The summed E-state index contributed by atoms with van der Waals surface area (Å²) >= 11 is 7.92. The van der Waals surface area contributed by atoms with Gasteiger partial charge in [-0.2, -0.15) is 0 Å². The zero-order valence-corrected chi connectivity index (χ0v) is 24.7. The number of carbonyl (C=O) groups is 1. The molecule has 1 amide bonds. The number of benzene rings is 4. The number of nitrogens with zero attached hydrogens (tertiary/aromatic N) is 1. The maximum atomic E-state index is 14.6. The number of carbonyl (C=O) groups excluding carboxylic acids is 1. The van der Waals surface area contributed by atoms with Gasteiger partial charge in [0.15, 0.2) is 0 Å². The van der Waals surface area contributed by atoms with E-state index in [1.165, 1.54) is 24.3 Å². The summed E-state index contributed by atoms with van der Waals surface area (Å²) < 4.78 is 82.9. The molecule has 4 aromatic rings. The number of sulfonamides is 1. The second kappa shape index (κ2) is 14.3. The number of thioether (sulfide) groups is 1. The first-order chi connectivity index (χ1) is 20.4. The Hall–Kier alpha value is -3.58. The lowest BCUT2D eigenvalue weighted by Gasteiger charge is -2.23. The molecule has 0 aliphatic rings. The van der Waals surface area contributed by atoms with Crippen molar-refractivity contribution in [2.75, 3.05) is 12.3 Å². The van der Waals surface area contributed by atoms with Crippen molar-refractivity contribution in [3.8, 4) is 5.75 Å². The molecule has 0 spiro atoms. The summed E-state index contributed by atoms with van der Waals surface area (Å²) in [5, 5.41) is 0.306. The quantitative estimate of drug-likeness (QED) is 0.128. The van der Waals surface area contributed by atoms with Crippen LogP contribution in [0.2, 0.25) is 5.02 Å². The highest BCUT2D eigenvalue weighted by molar-refractivity contribution is 7.99. The maximum Gasteiger partial charge on any atom is 0.573 e. The third-order valence-corrected chi connectivity index (χ3v) is 8.77. The van der Waals surface area contributed by atoms with Crippen molar-refractivity contribution in [3.05, 3.63) is 125 Å². The van der Waals surface area contributed by atoms with Gasteiger partial charge in [0.25, 0.3) is 15.9 Å². The highest BCUT2D eigenvalue weighted by atomic mass is 35.5. The molecule has 0 fully saturated rings. The van der Waals surface area contributed by atoms with E-state index in [0.717, 1.165) is 34.7 Å². The first kappa shape index (κ1) is 32.3. The minimum absolute atomic E-state index is 0.175. The molecule has 4 rings (SSSR count). The van der Waals surface area contributed by atoms with Gasteiger partial charge in [0.2, 0.25) is 0 Å². The number of rotatable bonds is 12. The molecule has 0 atom stereocenters. The van der Waals surface area contributed by atoms with Crippen molar-refractivity contribution in [2.45, 2.75) is 29.2 Å². The first-order valence-electron chi connectivity index (χ1n) is 12.7. The van der Waals surface area contributed by atoms with Crippen LogP contribution >= 0.6 is 23.4 Å². The molecule has 13 heteroatoms. The van der Waals surface area contributed by atoms with Crippen LogP contribution in [0.4, 0.5) is 17.6 Å². The van der Waals surface area contributed by atoms with E-state index in [4.69, 9.17) is 11.6 Å². The van der Waals surface area contributed by atoms with Crippen molar-refractivity contribution in [1.82, 2.24) is 9.62 Å². The first-order valence-corrected chi connectivity index (χ1v) is 15.6. The molecule has 226 valence electrons. The van der Waals surface area contributed by atoms with Crippen LogP contribution in [0.25, 0.3) is 0 Å². The molecule has 1 N–H and O–H groups in total. The molecule has 0 saturated heterocycles. The standard InChI is InChI=1S/C30H25ClF4N2O4S2/c31-27-7-4-8-28(32)26(27)20-37(17-18-42-24-5-2-1-3-6-24)19-21-9-15-25(16-10-21)43(39,40)36-29(38)22-11-13-23(14-12-22)41-30(33,34)35/h1-16H,17-20H2,(H,36,38). The van der Waals surface area contributed by atoms with Gasteiger partial charge in [0.1, 0.15) is 11.6 Å². The Balaban J connectivity index is 1.43. The Kier molecular flexibility index (Phi) is 10.7. The molecule has 0 saturated carbocycles. The second-order valence-corrected chi connectivity index (χ2v) is 12.5. The van der Waals surface area contributed by atoms with E-state index < -0.39 is 33.9 Å². The third kappa shape index (κ3) is 9.72. The minimum Gasteiger partial charge on any atom is -0.406 e. The van der Waals surface area contributed by atoms with Gasteiger partial charge in [-0.1, -0.05) is 48.0 Å². The molecule has 0 aliphatic carbocycles. The topological polar surface area (TPSA) is 75.7 Å². The van der Waals surface area contributed by atoms with E-state index in [1.807, 2.05) is 40.0 Å². The van der Waals surface area contributed by atoms with Gasteiger partial charge < -0.3 is 4.74 Å². The largest absolute Gasteiger partial charge is 0.573 e. The predicted molar refractivity (Wildman–Crippen MR) is 157 cm³/mol. The van der Waals surface area contributed by atoms with Crippen molar-refractivity contribution >= 4 is 39.3 Å². The Morgan fingerprint density at radius 2 is 1.56 bits per heavy atom. The molecular weight excluding hydrogens is 628 g/mol. The molecule has 0 bridgehead atoms. The molecule has 0 aromatic heterocycles. The van der Waals surface area contributed by atoms with Gasteiger partial charge in [0, 0.05) is 46.4 Å². The van der Waals surface area contributed by atoms with Crippen LogP contribution in [0.15, 0.2) is 107 Å². The van der Waals surface area contributed by atoms with Crippen LogP contribution in [0.3, 0.4) is 0 Å². The van der Waals surface area contributed by atoms with Gasteiger partial charge in [0.05, 0.1) is 4.90 Å². The Labute approximate surface area is 255 Å². The van der Waals surface area contributed by atoms with Gasteiger partial charge in [-0.3, -0.25) is 9.69 Å². The van der Waals surface area contributed by atoms with Crippen molar-refractivity contribution < 1.29 is 35.5 Å². The van der Waals surface area contributed by atoms with Gasteiger partial charge in [-0.25, -0.2) is 17.5 Å². The van der Waals surface area contributed by atoms with E-state index in [2.05, 4.69) is 4.74 Å². The lowest BCUT2D eigenvalue weighted by molar-refractivity contribution is -0.274. The van der Waals surface area contributed by atoms with E-state index >= 15 is 0 Å². The molecular formula is C30H25ClF4N2O4S2. The summed E-state index contributed by atoms with van der Waals surface area (Å²) in [7, 11) is -4.29. The molecule has 4 aromatic carbocycles. The monoisotopic (exact) mass is 652 g/mol. The number of hydrogen-bond acceptors (Lipinski definition) is 6. The Bertz CT molecular complexity index is 1620. The lowest BCUT2D eigenvalue weighted by atomic mass is 10.1. The SMILES string of the molecule is O=C(NS(=O)(=O)c1ccc(CN(CCSc2ccccc2)Cc2c(F)cccc2Cl)cc1)c1ccc(OC(F)(F)F)cc1. The van der Waals surface area contributed by atoms with E-state index in [-0.39, 0.29) is 17.0 Å². The number of halogens is 5. The molecule has 0 aliphatic heterocycles. The second-order valence-electron chi connectivity index (χ2n) is 9.22. The van der Waals surface area contributed by atoms with Crippen LogP contribution in [0.5, 0.6) is 5.75 Å². The van der Waals surface area contributed by atoms with Crippen molar-refractivity contribution in [2.24, 2.45) is 0 Å². The van der Waals surface area contributed by atoms with Crippen LogP contribution in [0.1, 0.15) is 21.5 Å². The van der Waals surface area contributed by atoms with Crippen LogP contribution < -0.4 is 9.46 Å². The fraction of sp³-hybridized carbons (Fsp3) is 0.167. The van der Waals surface area contributed by atoms with Gasteiger partial charge in [-0.15, -0.1) is 24.9 Å². The molecule has 6 nitrogen and oxygen atoms in total. The average Bonchev–Trinajstić information content (AvgIpc) is 2.95. The van der Waals surface area contributed by atoms with Gasteiger partial charge >= 0.3 is 6.36 Å². The van der Waals surface area contributed by atoms with Gasteiger partial charge in [-0.05, 0) is 66.2 Å². The zero-order chi connectivity index (χ0) is 31.0. The number of amides is 1. The van der Waals surface area contributed by atoms with E-state index in [9.17, 15) is 30.8 Å². The summed E-state index contributed by atoms with van der Waals surface area (Å²) in [6.07, 6.45) is -4.90. The van der Waals surface area contributed by atoms with Crippen LogP contribution in [-0.4, -0.2) is 37.9 Å². The zero-order valence-electron chi connectivity index (χ0n) is 22.4. The Morgan fingerprint density at radius 1 is 0.884 bits per heavy atom. The number of ether oxygens (including phenoxy) is 1. The summed E-state index contributed by atoms with van der Waals surface area (Å²) in [6, 6.07) is 24.0. The summed E-state index contributed by atoms with van der Waals surface area (Å²) in [6.45, 7) is 1.16. The normalized spacial score (nSPS) is 11.9. The summed E-state index contributed by atoms with van der Waals surface area (Å²) in [5.41, 5.74) is 0.919. The predicted octanol–water partition coefficient (Wildman–Crippen LogP) is 7.29. The highest BCUT2D eigenvalue weighted by Crippen LogP contribution is 2.25. The molecule has 43 heavy (non-hydrogen) atoms. The van der Waals surface area contributed by atoms with Crippen LogP contribution in [0, 0.1) is 5.82 Å². The number of nitrogens with one attached hydrogen (secondary N) is 1. The summed E-state index contributed by atoms with van der Waals surface area (Å²) in [4.78, 5) is 15.4. The minimum atomic E-state index is -4.90. The van der Waals surface area contributed by atoms with Crippen LogP contribution in [-0.2, 0) is 23.1 Å². The lowest BCUT2D eigenvalue weighted by Crippen LogP contribution is -2.30. The number of hydrogen-bond donors (Lipinski definition) is 1. The van der Waals surface area contributed by atoms with Crippen molar-refractivity contribution in [1.29, 1.82) is 0 Å². The smallest absolute Gasteiger partial charge is 0.406 e. The van der Waals surface area contributed by atoms with Crippen molar-refractivity contribution in [3.63, 3.8) is 0 Å². The highest BCUT2D eigenvalue weighted by Gasteiger charge is 2.31. The number of alkyl halides is 3. The Morgan fingerprint density at radius 3 is 2.19 bits per heavy atom. The molecule has 0 unspecified atom stereocenters. The van der Waals surface area contributed by atoms with E-state index in [1.54, 1.807) is 30.0 Å². The third-order valence-electron chi connectivity index (χ3n) is 6.08.